The first-order chi connectivity index (χ1) is 9.84. The van der Waals surface area contributed by atoms with E-state index in [1.54, 1.807) is 0 Å². The van der Waals surface area contributed by atoms with Crippen molar-refractivity contribution in [3.63, 3.8) is 0 Å². The van der Waals surface area contributed by atoms with E-state index in [1.165, 1.54) is 44.3 Å². The van der Waals surface area contributed by atoms with Crippen LogP contribution in [-0.4, -0.2) is 36.1 Å². The summed E-state index contributed by atoms with van der Waals surface area (Å²) >= 11 is 0. The van der Waals surface area contributed by atoms with Crippen molar-refractivity contribution in [2.75, 3.05) is 26.2 Å². The normalized spacial score (nSPS) is 30.6. The molecule has 0 radical (unpaired) electrons. The molecule has 1 aromatic rings. The largest absolute Gasteiger partial charge is 0.314 e. The molecule has 3 atom stereocenters. The Morgan fingerprint density at radius 2 is 2.19 bits per heavy atom. The zero-order chi connectivity index (χ0) is 13.8. The lowest BCUT2D eigenvalue weighted by atomic mass is 9.80. The molecular weight excluding hydrogens is 282 g/mol. The number of hydrogen-bond donors (Lipinski definition) is 1. The van der Waals surface area contributed by atoms with E-state index in [2.05, 4.69) is 34.3 Å². The summed E-state index contributed by atoms with van der Waals surface area (Å²) in [5.74, 6) is 1.79. The molecule has 0 amide bonds. The zero-order valence-electron chi connectivity index (χ0n) is 13.0. The van der Waals surface area contributed by atoms with Crippen LogP contribution >= 0.6 is 12.4 Å². The lowest BCUT2D eigenvalue weighted by Gasteiger charge is -2.40. The Balaban J connectivity index is 0.00000161. The molecule has 3 unspecified atom stereocenters. The Labute approximate surface area is 134 Å². The molecule has 3 nitrogen and oxygen atoms in total. The van der Waals surface area contributed by atoms with Crippen molar-refractivity contribution in [1.29, 1.82) is 0 Å². The Hall–Kier alpha value is -0.640. The van der Waals surface area contributed by atoms with Crippen molar-refractivity contribution in [3.8, 4) is 0 Å². The van der Waals surface area contributed by atoms with E-state index in [1.807, 2.05) is 12.4 Å². The number of pyridine rings is 1. The molecule has 1 aliphatic carbocycles. The first-order valence-electron chi connectivity index (χ1n) is 8.19. The highest BCUT2D eigenvalue weighted by molar-refractivity contribution is 5.85. The molecule has 4 heteroatoms. The molecule has 118 valence electrons. The Bertz CT molecular complexity index is 412. The van der Waals surface area contributed by atoms with E-state index in [-0.39, 0.29) is 12.4 Å². The van der Waals surface area contributed by atoms with Gasteiger partial charge in [-0.25, -0.2) is 0 Å². The standard InChI is InChI=1S/C17H27N3.ClH/c1-14-5-2-3-6-16(14)13-20-10-9-19-12-17(20)15-7-4-8-18-11-15;/h4,7-8,11,14,16-17,19H,2-3,5-6,9-10,12-13H2,1H3;1H. The predicted molar refractivity (Wildman–Crippen MR) is 89.8 cm³/mol. The second-order valence-electron chi connectivity index (χ2n) is 6.52. The maximum atomic E-state index is 4.30. The molecule has 0 bridgehead atoms. The number of halogens is 1. The number of nitrogens with one attached hydrogen (secondary N) is 1. The molecular formula is C17H28ClN3. The van der Waals surface area contributed by atoms with Crippen LogP contribution in [0.1, 0.15) is 44.2 Å². The van der Waals surface area contributed by atoms with Crippen molar-refractivity contribution >= 4 is 12.4 Å². The number of hydrogen-bond acceptors (Lipinski definition) is 3. The molecule has 1 aromatic heterocycles. The topological polar surface area (TPSA) is 28.2 Å². The van der Waals surface area contributed by atoms with E-state index < -0.39 is 0 Å². The van der Waals surface area contributed by atoms with Gasteiger partial charge < -0.3 is 5.32 Å². The number of piperazine rings is 1. The molecule has 0 aromatic carbocycles. The van der Waals surface area contributed by atoms with Crippen LogP contribution in [0.2, 0.25) is 0 Å². The molecule has 1 saturated carbocycles. The molecule has 3 rings (SSSR count). The van der Waals surface area contributed by atoms with Gasteiger partial charge in [0.1, 0.15) is 0 Å². The van der Waals surface area contributed by atoms with E-state index in [0.29, 0.717) is 6.04 Å². The van der Waals surface area contributed by atoms with Crippen LogP contribution in [0.25, 0.3) is 0 Å². The molecule has 2 fully saturated rings. The minimum Gasteiger partial charge on any atom is -0.314 e. The second-order valence-corrected chi connectivity index (χ2v) is 6.52. The van der Waals surface area contributed by atoms with Crippen LogP contribution in [-0.2, 0) is 0 Å². The monoisotopic (exact) mass is 309 g/mol. The number of nitrogens with zero attached hydrogens (tertiary/aromatic N) is 2. The summed E-state index contributed by atoms with van der Waals surface area (Å²) in [6.07, 6.45) is 9.62. The Morgan fingerprint density at radius 1 is 1.33 bits per heavy atom. The summed E-state index contributed by atoms with van der Waals surface area (Å²) in [5, 5.41) is 3.54. The zero-order valence-corrected chi connectivity index (χ0v) is 13.8. The molecule has 1 aliphatic heterocycles. The summed E-state index contributed by atoms with van der Waals surface area (Å²) in [7, 11) is 0. The highest BCUT2D eigenvalue weighted by Gasteiger charge is 2.29. The minimum absolute atomic E-state index is 0. The maximum absolute atomic E-state index is 4.30. The van der Waals surface area contributed by atoms with Crippen molar-refractivity contribution in [3.05, 3.63) is 30.1 Å². The third-order valence-corrected chi connectivity index (χ3v) is 5.18. The first-order valence-corrected chi connectivity index (χ1v) is 8.19. The van der Waals surface area contributed by atoms with Gasteiger partial charge >= 0.3 is 0 Å². The van der Waals surface area contributed by atoms with E-state index in [9.17, 15) is 0 Å². The van der Waals surface area contributed by atoms with Crippen LogP contribution in [0.15, 0.2) is 24.5 Å². The maximum Gasteiger partial charge on any atom is 0.0488 e. The smallest absolute Gasteiger partial charge is 0.0488 e. The summed E-state index contributed by atoms with van der Waals surface area (Å²) < 4.78 is 0. The molecule has 1 saturated heterocycles. The van der Waals surface area contributed by atoms with Crippen molar-refractivity contribution < 1.29 is 0 Å². The van der Waals surface area contributed by atoms with Gasteiger partial charge in [0.25, 0.3) is 0 Å². The lowest BCUT2D eigenvalue weighted by molar-refractivity contribution is 0.102. The van der Waals surface area contributed by atoms with Gasteiger partial charge in [0.05, 0.1) is 0 Å². The lowest BCUT2D eigenvalue weighted by Crippen LogP contribution is -2.48. The Morgan fingerprint density at radius 3 is 2.95 bits per heavy atom. The third-order valence-electron chi connectivity index (χ3n) is 5.18. The fourth-order valence-corrected chi connectivity index (χ4v) is 3.83. The molecule has 2 aliphatic rings. The van der Waals surface area contributed by atoms with Crippen LogP contribution in [0.5, 0.6) is 0 Å². The van der Waals surface area contributed by atoms with Gasteiger partial charge in [-0.1, -0.05) is 32.3 Å². The van der Waals surface area contributed by atoms with E-state index in [4.69, 9.17) is 0 Å². The molecule has 2 heterocycles. The summed E-state index contributed by atoms with van der Waals surface area (Å²) in [6.45, 7) is 7.07. The fraction of sp³-hybridized carbons (Fsp3) is 0.706. The van der Waals surface area contributed by atoms with Crippen molar-refractivity contribution in [1.82, 2.24) is 15.2 Å². The van der Waals surface area contributed by atoms with E-state index in [0.717, 1.165) is 24.9 Å². The SMILES string of the molecule is CC1CCCCC1CN1CCNCC1c1cccnc1.Cl. The second kappa shape index (κ2) is 8.11. The first kappa shape index (κ1) is 16.7. The van der Waals surface area contributed by atoms with Gasteiger partial charge in [-0.2, -0.15) is 0 Å². The van der Waals surface area contributed by atoms with Gasteiger partial charge in [0.15, 0.2) is 0 Å². The quantitative estimate of drug-likeness (QED) is 0.929. The van der Waals surface area contributed by atoms with Crippen LogP contribution in [0.4, 0.5) is 0 Å². The van der Waals surface area contributed by atoms with Gasteiger partial charge in [0, 0.05) is 44.6 Å². The average molecular weight is 310 g/mol. The highest BCUT2D eigenvalue weighted by Crippen LogP contribution is 2.32. The highest BCUT2D eigenvalue weighted by atomic mass is 35.5. The van der Waals surface area contributed by atoms with Crippen molar-refractivity contribution in [2.45, 2.75) is 38.6 Å². The van der Waals surface area contributed by atoms with Gasteiger partial charge in [-0.3, -0.25) is 9.88 Å². The van der Waals surface area contributed by atoms with E-state index >= 15 is 0 Å². The molecule has 21 heavy (non-hydrogen) atoms. The van der Waals surface area contributed by atoms with Crippen LogP contribution in [0.3, 0.4) is 0 Å². The molecule has 1 N–H and O–H groups in total. The number of rotatable bonds is 3. The summed E-state index contributed by atoms with van der Waals surface area (Å²) in [6, 6.07) is 4.79. The van der Waals surface area contributed by atoms with Gasteiger partial charge in [-0.05, 0) is 29.9 Å². The molecule has 0 spiro atoms. The van der Waals surface area contributed by atoms with Crippen molar-refractivity contribution in [2.24, 2.45) is 11.8 Å². The minimum atomic E-state index is 0. The Kier molecular flexibility index (Phi) is 6.46. The average Bonchev–Trinajstić information content (AvgIpc) is 2.51. The van der Waals surface area contributed by atoms with Gasteiger partial charge in [-0.15, -0.1) is 12.4 Å². The summed E-state index contributed by atoms with van der Waals surface area (Å²) in [5.41, 5.74) is 1.36. The third kappa shape index (κ3) is 4.18. The fourth-order valence-electron chi connectivity index (χ4n) is 3.83. The summed E-state index contributed by atoms with van der Waals surface area (Å²) in [4.78, 5) is 7.00. The van der Waals surface area contributed by atoms with Crippen LogP contribution in [0, 0.1) is 11.8 Å². The predicted octanol–water partition coefficient (Wildman–Crippen LogP) is 3.28. The number of aromatic nitrogens is 1. The van der Waals surface area contributed by atoms with Crippen LogP contribution < -0.4 is 5.32 Å². The van der Waals surface area contributed by atoms with Gasteiger partial charge in [0.2, 0.25) is 0 Å².